The second-order valence-corrected chi connectivity index (χ2v) is 6.56. The van der Waals surface area contributed by atoms with E-state index in [0.29, 0.717) is 21.2 Å². The average molecular weight is 373 g/mol. The number of esters is 1. The van der Waals surface area contributed by atoms with Crippen LogP contribution in [0.5, 0.6) is 5.75 Å². The molecule has 3 aromatic rings. The van der Waals surface area contributed by atoms with Gasteiger partial charge in [-0.05, 0) is 23.8 Å². The highest BCUT2D eigenvalue weighted by Gasteiger charge is 2.18. The molecule has 5 nitrogen and oxygen atoms in total. The van der Waals surface area contributed by atoms with Gasteiger partial charge in [0.2, 0.25) is 5.91 Å². The van der Waals surface area contributed by atoms with Crippen LogP contribution in [0.1, 0.15) is 22.2 Å². The number of hydrazone groups is 1. The SMILES string of the molecule is CC(=O)N/N=C/c1cccc(OC(=O)c2sc3ccccc3c2Cl)c1. The number of hydrogen-bond acceptors (Lipinski definition) is 5. The van der Waals surface area contributed by atoms with Gasteiger partial charge in [-0.1, -0.05) is 41.9 Å². The highest BCUT2D eigenvalue weighted by Crippen LogP contribution is 2.35. The van der Waals surface area contributed by atoms with E-state index in [9.17, 15) is 9.59 Å². The molecular formula is C18H13ClN2O3S. The summed E-state index contributed by atoms with van der Waals surface area (Å²) in [5, 5.41) is 5.01. The maximum atomic E-state index is 12.4. The quantitative estimate of drug-likeness (QED) is 0.322. The molecule has 3 rings (SSSR count). The minimum Gasteiger partial charge on any atom is -0.422 e. The number of benzene rings is 2. The number of ether oxygens (including phenoxy) is 1. The van der Waals surface area contributed by atoms with Gasteiger partial charge in [0.25, 0.3) is 0 Å². The van der Waals surface area contributed by atoms with Gasteiger partial charge in [0.05, 0.1) is 11.2 Å². The van der Waals surface area contributed by atoms with Crippen molar-refractivity contribution in [2.24, 2.45) is 5.10 Å². The van der Waals surface area contributed by atoms with Crippen LogP contribution in [0.15, 0.2) is 53.6 Å². The van der Waals surface area contributed by atoms with E-state index in [-0.39, 0.29) is 5.91 Å². The molecular weight excluding hydrogens is 360 g/mol. The van der Waals surface area contributed by atoms with Gasteiger partial charge in [0.1, 0.15) is 10.6 Å². The second-order valence-electron chi connectivity index (χ2n) is 5.13. The third-order valence-electron chi connectivity index (χ3n) is 3.22. The fraction of sp³-hybridized carbons (Fsp3) is 0.0556. The van der Waals surface area contributed by atoms with E-state index in [4.69, 9.17) is 16.3 Å². The Kier molecular flexibility index (Phi) is 5.11. The Bertz CT molecular complexity index is 981. The van der Waals surface area contributed by atoms with Gasteiger partial charge >= 0.3 is 5.97 Å². The van der Waals surface area contributed by atoms with Crippen molar-refractivity contribution >= 4 is 51.1 Å². The van der Waals surface area contributed by atoms with Crippen LogP contribution >= 0.6 is 22.9 Å². The van der Waals surface area contributed by atoms with Gasteiger partial charge in [-0.3, -0.25) is 4.79 Å². The molecule has 0 spiro atoms. The molecule has 0 atom stereocenters. The van der Waals surface area contributed by atoms with Crippen LogP contribution in [-0.2, 0) is 4.79 Å². The van der Waals surface area contributed by atoms with Crippen molar-refractivity contribution in [3.05, 3.63) is 64.0 Å². The van der Waals surface area contributed by atoms with Crippen molar-refractivity contribution in [1.29, 1.82) is 0 Å². The number of carbonyl (C=O) groups is 2. The molecule has 0 aliphatic carbocycles. The Morgan fingerprint density at radius 3 is 2.76 bits per heavy atom. The lowest BCUT2D eigenvalue weighted by Gasteiger charge is -2.04. The monoisotopic (exact) mass is 372 g/mol. The zero-order chi connectivity index (χ0) is 17.8. The third kappa shape index (κ3) is 4.04. The lowest BCUT2D eigenvalue weighted by molar-refractivity contribution is -0.118. The molecule has 0 saturated carbocycles. The molecule has 7 heteroatoms. The number of carbonyl (C=O) groups excluding carboxylic acids is 2. The normalized spacial score (nSPS) is 11.0. The molecule has 0 aliphatic rings. The van der Waals surface area contributed by atoms with Gasteiger partial charge in [-0.2, -0.15) is 5.10 Å². The summed E-state index contributed by atoms with van der Waals surface area (Å²) in [6.07, 6.45) is 1.46. The van der Waals surface area contributed by atoms with Gasteiger partial charge in [0.15, 0.2) is 0 Å². The number of nitrogens with one attached hydrogen (secondary N) is 1. The predicted octanol–water partition coefficient (Wildman–Crippen LogP) is 4.24. The molecule has 25 heavy (non-hydrogen) atoms. The Labute approximate surface area is 152 Å². The van der Waals surface area contributed by atoms with Crippen molar-refractivity contribution in [2.45, 2.75) is 6.92 Å². The number of hydrogen-bond donors (Lipinski definition) is 1. The Balaban J connectivity index is 1.79. The Morgan fingerprint density at radius 2 is 2.00 bits per heavy atom. The summed E-state index contributed by atoms with van der Waals surface area (Å²) in [7, 11) is 0. The molecule has 0 fully saturated rings. The largest absolute Gasteiger partial charge is 0.422 e. The summed E-state index contributed by atoms with van der Waals surface area (Å²) in [6, 6.07) is 14.3. The molecule has 1 aromatic heterocycles. The van der Waals surface area contributed by atoms with E-state index in [1.165, 1.54) is 24.5 Å². The minimum atomic E-state index is -0.512. The molecule has 0 saturated heterocycles. The third-order valence-corrected chi connectivity index (χ3v) is 4.88. The molecule has 0 unspecified atom stereocenters. The molecule has 1 N–H and O–H groups in total. The topological polar surface area (TPSA) is 67.8 Å². The first-order chi connectivity index (χ1) is 12.0. The first-order valence-electron chi connectivity index (χ1n) is 7.33. The molecule has 0 bridgehead atoms. The minimum absolute atomic E-state index is 0.266. The van der Waals surface area contributed by atoms with Gasteiger partial charge in [-0.15, -0.1) is 11.3 Å². The summed E-state index contributed by atoms with van der Waals surface area (Å²) in [5.41, 5.74) is 2.99. The zero-order valence-electron chi connectivity index (χ0n) is 13.2. The maximum absolute atomic E-state index is 12.4. The lowest BCUT2D eigenvalue weighted by atomic mass is 10.2. The van der Waals surface area contributed by atoms with E-state index in [1.54, 1.807) is 24.3 Å². The Hall–Kier alpha value is -2.70. The molecule has 1 heterocycles. The first-order valence-corrected chi connectivity index (χ1v) is 8.53. The van der Waals surface area contributed by atoms with E-state index in [1.807, 2.05) is 24.3 Å². The van der Waals surface area contributed by atoms with E-state index < -0.39 is 5.97 Å². The van der Waals surface area contributed by atoms with Crippen molar-refractivity contribution < 1.29 is 14.3 Å². The summed E-state index contributed by atoms with van der Waals surface area (Å²) < 4.78 is 6.34. The molecule has 0 radical (unpaired) electrons. The molecule has 1 amide bonds. The number of rotatable bonds is 4. The van der Waals surface area contributed by atoms with Crippen LogP contribution in [-0.4, -0.2) is 18.1 Å². The average Bonchev–Trinajstić information content (AvgIpc) is 2.92. The van der Waals surface area contributed by atoms with Crippen LogP contribution in [0.3, 0.4) is 0 Å². The molecule has 2 aromatic carbocycles. The fourth-order valence-corrected chi connectivity index (χ4v) is 3.54. The van der Waals surface area contributed by atoms with Crippen molar-refractivity contribution in [3.8, 4) is 5.75 Å². The van der Waals surface area contributed by atoms with Gasteiger partial charge < -0.3 is 4.74 Å². The van der Waals surface area contributed by atoms with Crippen molar-refractivity contribution in [3.63, 3.8) is 0 Å². The number of thiophene rings is 1. The summed E-state index contributed by atoms with van der Waals surface area (Å²) >= 11 is 7.59. The lowest BCUT2D eigenvalue weighted by Crippen LogP contribution is -2.12. The molecule has 0 aliphatic heterocycles. The van der Waals surface area contributed by atoms with Crippen LogP contribution in [0.25, 0.3) is 10.1 Å². The van der Waals surface area contributed by atoms with Crippen LogP contribution in [0.4, 0.5) is 0 Å². The van der Waals surface area contributed by atoms with Crippen LogP contribution < -0.4 is 10.2 Å². The van der Waals surface area contributed by atoms with Gasteiger partial charge in [-0.25, -0.2) is 10.2 Å². The standard InChI is InChI=1S/C18H13ClN2O3S/c1-11(22)21-20-10-12-5-4-6-13(9-12)24-18(23)17-16(19)14-7-2-3-8-15(14)25-17/h2-10H,1H3,(H,21,22)/b20-10+. The summed E-state index contributed by atoms with van der Waals surface area (Å²) in [5.74, 6) is -0.411. The van der Waals surface area contributed by atoms with Gasteiger partial charge in [0, 0.05) is 17.0 Å². The smallest absolute Gasteiger partial charge is 0.355 e. The summed E-state index contributed by atoms with van der Waals surface area (Å²) in [4.78, 5) is 23.6. The summed E-state index contributed by atoms with van der Waals surface area (Å²) in [6.45, 7) is 1.37. The van der Waals surface area contributed by atoms with Crippen LogP contribution in [0, 0.1) is 0 Å². The predicted molar refractivity (Wildman–Crippen MR) is 99.6 cm³/mol. The fourth-order valence-electron chi connectivity index (χ4n) is 2.15. The Morgan fingerprint density at radius 1 is 1.20 bits per heavy atom. The van der Waals surface area contributed by atoms with Crippen molar-refractivity contribution in [2.75, 3.05) is 0 Å². The number of halogens is 1. The number of nitrogens with zero attached hydrogens (tertiary/aromatic N) is 1. The second kappa shape index (κ2) is 7.46. The van der Waals surface area contributed by atoms with E-state index in [2.05, 4.69) is 10.5 Å². The number of amides is 1. The van der Waals surface area contributed by atoms with E-state index >= 15 is 0 Å². The van der Waals surface area contributed by atoms with Crippen LogP contribution in [0.2, 0.25) is 5.02 Å². The maximum Gasteiger partial charge on any atom is 0.355 e. The number of fused-ring (bicyclic) bond motifs is 1. The van der Waals surface area contributed by atoms with E-state index in [0.717, 1.165) is 10.1 Å². The van der Waals surface area contributed by atoms with Crippen molar-refractivity contribution in [1.82, 2.24) is 5.43 Å². The molecule has 126 valence electrons. The zero-order valence-corrected chi connectivity index (χ0v) is 14.7. The first kappa shape index (κ1) is 17.1. The highest BCUT2D eigenvalue weighted by atomic mass is 35.5. The highest BCUT2D eigenvalue weighted by molar-refractivity contribution is 7.21.